The average Bonchev–Trinajstić information content (AvgIpc) is 2.88. The Bertz CT molecular complexity index is 667. The lowest BCUT2D eigenvalue weighted by atomic mass is 10.3. The van der Waals surface area contributed by atoms with Crippen LogP contribution in [0.4, 0.5) is 5.69 Å². The third-order valence-electron chi connectivity index (χ3n) is 2.76. The quantitative estimate of drug-likeness (QED) is 0.820. The van der Waals surface area contributed by atoms with Crippen LogP contribution in [-0.2, 0) is 16.4 Å². The Morgan fingerprint density at radius 3 is 2.57 bits per heavy atom. The van der Waals surface area contributed by atoms with Gasteiger partial charge in [0.1, 0.15) is 4.21 Å². The van der Waals surface area contributed by atoms with Crippen LogP contribution in [0.5, 0.6) is 0 Å². The van der Waals surface area contributed by atoms with Gasteiger partial charge in [-0.15, -0.1) is 11.3 Å². The summed E-state index contributed by atoms with van der Waals surface area (Å²) in [5, 5.41) is 3.32. The van der Waals surface area contributed by atoms with Gasteiger partial charge < -0.3 is 5.32 Å². The Labute approximate surface area is 129 Å². The molecular weight excluding hydrogens is 306 g/mol. The Morgan fingerprint density at radius 2 is 1.90 bits per heavy atom. The largest absolute Gasteiger partial charge is 0.314 e. The van der Waals surface area contributed by atoms with Gasteiger partial charge in [0.15, 0.2) is 0 Å². The van der Waals surface area contributed by atoms with E-state index < -0.39 is 10.0 Å². The molecule has 2 N–H and O–H groups in total. The molecule has 5 nitrogen and oxygen atoms in total. The first-order valence-corrected chi connectivity index (χ1v) is 9.02. The van der Waals surface area contributed by atoms with E-state index in [1.54, 1.807) is 30.6 Å². The number of aromatic nitrogens is 1. The maximum Gasteiger partial charge on any atom is 0.271 e. The summed E-state index contributed by atoms with van der Waals surface area (Å²) >= 11 is 1.30. The van der Waals surface area contributed by atoms with Gasteiger partial charge in [0.05, 0.1) is 5.69 Å². The van der Waals surface area contributed by atoms with E-state index in [2.05, 4.69) is 28.9 Å². The molecule has 0 spiro atoms. The number of thiophene rings is 1. The third kappa shape index (κ3) is 4.80. The molecule has 0 bridgehead atoms. The molecule has 2 aromatic heterocycles. The van der Waals surface area contributed by atoms with E-state index in [1.165, 1.54) is 11.3 Å². The molecule has 0 aliphatic carbocycles. The Balaban J connectivity index is 2.02. The van der Waals surface area contributed by atoms with Crippen molar-refractivity contribution in [2.24, 2.45) is 0 Å². The molecular formula is C14H19N3O2S2. The first kappa shape index (κ1) is 15.9. The minimum atomic E-state index is -3.51. The van der Waals surface area contributed by atoms with Crippen LogP contribution in [0.15, 0.2) is 40.9 Å². The fraction of sp³-hybridized carbons (Fsp3) is 0.357. The second-order valence-electron chi connectivity index (χ2n) is 4.92. The van der Waals surface area contributed by atoms with Gasteiger partial charge in [-0.25, -0.2) is 8.42 Å². The van der Waals surface area contributed by atoms with E-state index in [0.29, 0.717) is 15.9 Å². The predicted octanol–water partition coefficient (Wildman–Crippen LogP) is 2.48. The molecule has 0 aromatic carbocycles. The maximum atomic E-state index is 12.3. The monoisotopic (exact) mass is 325 g/mol. The number of anilines is 1. The van der Waals surface area contributed by atoms with E-state index in [0.717, 1.165) is 17.8 Å². The third-order valence-corrected chi connectivity index (χ3v) is 5.78. The fourth-order valence-electron chi connectivity index (χ4n) is 1.75. The van der Waals surface area contributed by atoms with Crippen molar-refractivity contribution < 1.29 is 8.42 Å². The van der Waals surface area contributed by atoms with Gasteiger partial charge in [-0.2, -0.15) is 0 Å². The van der Waals surface area contributed by atoms with Crippen LogP contribution in [0.2, 0.25) is 0 Å². The molecule has 0 fully saturated rings. The lowest BCUT2D eigenvalue weighted by molar-refractivity contribution is 0.592. The van der Waals surface area contributed by atoms with E-state index in [1.807, 2.05) is 6.07 Å². The van der Waals surface area contributed by atoms with Gasteiger partial charge in [0.25, 0.3) is 10.0 Å². The summed E-state index contributed by atoms with van der Waals surface area (Å²) in [7, 11) is -3.51. The number of pyridine rings is 1. The molecule has 114 valence electrons. The highest BCUT2D eigenvalue weighted by Gasteiger charge is 2.16. The Morgan fingerprint density at radius 1 is 1.19 bits per heavy atom. The molecule has 0 aliphatic heterocycles. The summed E-state index contributed by atoms with van der Waals surface area (Å²) in [6.45, 7) is 5.02. The van der Waals surface area contributed by atoms with Crippen molar-refractivity contribution >= 4 is 27.0 Å². The highest BCUT2D eigenvalue weighted by molar-refractivity contribution is 7.94. The van der Waals surface area contributed by atoms with Crippen molar-refractivity contribution in [3.63, 3.8) is 0 Å². The number of nitrogens with zero attached hydrogens (tertiary/aromatic N) is 1. The molecule has 0 aliphatic rings. The van der Waals surface area contributed by atoms with E-state index in [4.69, 9.17) is 0 Å². The van der Waals surface area contributed by atoms with Crippen LogP contribution in [0.3, 0.4) is 0 Å². The summed E-state index contributed by atoms with van der Waals surface area (Å²) in [6, 6.07) is 7.20. The Hall–Kier alpha value is -1.44. The molecule has 0 atom stereocenters. The second kappa shape index (κ2) is 7.02. The molecule has 0 unspecified atom stereocenters. The van der Waals surface area contributed by atoms with Crippen molar-refractivity contribution in [2.75, 3.05) is 11.3 Å². The van der Waals surface area contributed by atoms with Crippen LogP contribution in [0.25, 0.3) is 0 Å². The van der Waals surface area contributed by atoms with Gasteiger partial charge in [-0.3, -0.25) is 9.71 Å². The van der Waals surface area contributed by atoms with Gasteiger partial charge in [0.2, 0.25) is 0 Å². The molecule has 2 aromatic rings. The number of hydrogen-bond acceptors (Lipinski definition) is 5. The van der Waals surface area contributed by atoms with Crippen molar-refractivity contribution in [1.82, 2.24) is 10.3 Å². The van der Waals surface area contributed by atoms with Gasteiger partial charge in [-0.05, 0) is 30.7 Å². The molecule has 0 radical (unpaired) electrons. The van der Waals surface area contributed by atoms with Crippen molar-refractivity contribution in [2.45, 2.75) is 30.5 Å². The van der Waals surface area contributed by atoms with Crippen LogP contribution in [-0.4, -0.2) is 26.0 Å². The van der Waals surface area contributed by atoms with E-state index >= 15 is 0 Å². The van der Waals surface area contributed by atoms with Gasteiger partial charge >= 0.3 is 0 Å². The van der Waals surface area contributed by atoms with Crippen LogP contribution in [0.1, 0.15) is 18.7 Å². The zero-order valence-corrected chi connectivity index (χ0v) is 13.7. The molecule has 21 heavy (non-hydrogen) atoms. The highest BCUT2D eigenvalue weighted by Crippen LogP contribution is 2.24. The standard InChI is InChI=1S/C14H19N3O2S2/c1-11(2)16-10-7-13-3-4-14(20-13)21(18,19)17-12-5-8-15-9-6-12/h3-6,8-9,11,16H,7,10H2,1-2H3,(H,15,17). The minimum absolute atomic E-state index is 0.332. The fourth-order valence-corrected chi connectivity index (χ4v) is 4.16. The minimum Gasteiger partial charge on any atom is -0.314 e. The highest BCUT2D eigenvalue weighted by atomic mass is 32.2. The van der Waals surface area contributed by atoms with Gasteiger partial charge in [-0.1, -0.05) is 13.8 Å². The number of rotatable bonds is 7. The van der Waals surface area contributed by atoms with Crippen molar-refractivity contribution in [3.8, 4) is 0 Å². The lowest BCUT2D eigenvalue weighted by Crippen LogP contribution is -2.24. The summed E-state index contributed by atoms with van der Waals surface area (Å²) in [5.74, 6) is 0. The first-order chi connectivity index (χ1) is 9.97. The average molecular weight is 325 g/mol. The molecule has 2 rings (SSSR count). The summed E-state index contributed by atoms with van der Waals surface area (Å²) in [6.07, 6.45) is 3.93. The lowest BCUT2D eigenvalue weighted by Gasteiger charge is -2.06. The molecule has 2 heterocycles. The number of hydrogen-bond donors (Lipinski definition) is 2. The topological polar surface area (TPSA) is 71.1 Å². The zero-order valence-electron chi connectivity index (χ0n) is 12.0. The van der Waals surface area contributed by atoms with Crippen LogP contribution in [0, 0.1) is 0 Å². The van der Waals surface area contributed by atoms with Crippen molar-refractivity contribution in [1.29, 1.82) is 0 Å². The molecule has 0 saturated heterocycles. The molecule has 7 heteroatoms. The van der Waals surface area contributed by atoms with Crippen LogP contribution < -0.4 is 10.0 Å². The van der Waals surface area contributed by atoms with Crippen LogP contribution >= 0.6 is 11.3 Å². The number of nitrogens with one attached hydrogen (secondary N) is 2. The zero-order chi connectivity index (χ0) is 15.3. The summed E-state index contributed by atoms with van der Waals surface area (Å²) in [4.78, 5) is 4.91. The number of sulfonamides is 1. The first-order valence-electron chi connectivity index (χ1n) is 6.72. The van der Waals surface area contributed by atoms with E-state index in [9.17, 15) is 8.42 Å². The maximum absolute atomic E-state index is 12.3. The van der Waals surface area contributed by atoms with Gasteiger partial charge in [0, 0.05) is 29.9 Å². The summed E-state index contributed by atoms with van der Waals surface area (Å²) < 4.78 is 27.4. The normalized spacial score (nSPS) is 11.8. The SMILES string of the molecule is CC(C)NCCc1ccc(S(=O)(=O)Nc2ccncc2)s1. The smallest absolute Gasteiger partial charge is 0.271 e. The van der Waals surface area contributed by atoms with E-state index in [-0.39, 0.29) is 0 Å². The molecule has 0 saturated carbocycles. The second-order valence-corrected chi connectivity index (χ2v) is 8.00. The summed E-state index contributed by atoms with van der Waals surface area (Å²) in [5.41, 5.74) is 0.515. The predicted molar refractivity (Wildman–Crippen MR) is 86.2 cm³/mol. The molecule has 0 amide bonds. The van der Waals surface area contributed by atoms with Crippen molar-refractivity contribution in [3.05, 3.63) is 41.5 Å². The Kier molecular flexibility index (Phi) is 5.33.